The van der Waals surface area contributed by atoms with E-state index in [2.05, 4.69) is 18.2 Å². The first kappa shape index (κ1) is 10.9. The van der Waals surface area contributed by atoms with Gasteiger partial charge in [-0.15, -0.1) is 0 Å². The zero-order valence-electron chi connectivity index (χ0n) is 9.26. The lowest BCUT2D eigenvalue weighted by Crippen LogP contribution is -2.21. The summed E-state index contributed by atoms with van der Waals surface area (Å²) >= 11 is 0. The minimum Gasteiger partial charge on any atom is -0.458 e. The molecule has 0 aliphatic carbocycles. The summed E-state index contributed by atoms with van der Waals surface area (Å²) in [7, 11) is 0. The Labute approximate surface area is 95.9 Å². The van der Waals surface area contributed by atoms with Crippen LogP contribution in [0.5, 0.6) is 0 Å². The maximum absolute atomic E-state index is 11.1. The Balaban J connectivity index is 1.83. The summed E-state index contributed by atoms with van der Waals surface area (Å²) in [4.78, 5) is 11.1. The molecule has 0 aromatic heterocycles. The highest BCUT2D eigenvalue weighted by molar-refractivity contribution is 5.70. The van der Waals surface area contributed by atoms with Crippen LogP contribution >= 0.6 is 0 Å². The molecule has 1 heterocycles. The van der Waals surface area contributed by atoms with Crippen LogP contribution in [0.4, 0.5) is 0 Å². The van der Waals surface area contributed by atoms with Crippen LogP contribution in [0.15, 0.2) is 42.5 Å². The minimum absolute atomic E-state index is 0.00929. The molecular formula is C14H16O2. The summed E-state index contributed by atoms with van der Waals surface area (Å²) in [6.07, 6.45) is 7.45. The van der Waals surface area contributed by atoms with Crippen molar-refractivity contribution in [1.29, 1.82) is 0 Å². The van der Waals surface area contributed by atoms with Crippen molar-refractivity contribution in [2.75, 3.05) is 0 Å². The zero-order valence-corrected chi connectivity index (χ0v) is 9.26. The summed E-state index contributed by atoms with van der Waals surface area (Å²) in [6, 6.07) is 10.3. The Hall–Kier alpha value is -1.57. The Bertz CT molecular complexity index is 368. The third kappa shape index (κ3) is 3.23. The van der Waals surface area contributed by atoms with Gasteiger partial charge in [-0.1, -0.05) is 36.4 Å². The molecule has 1 aliphatic heterocycles. The van der Waals surface area contributed by atoms with Crippen molar-refractivity contribution in [1.82, 2.24) is 0 Å². The predicted molar refractivity (Wildman–Crippen MR) is 63.0 cm³/mol. The van der Waals surface area contributed by atoms with E-state index >= 15 is 0 Å². The van der Waals surface area contributed by atoms with Crippen molar-refractivity contribution in [2.24, 2.45) is 0 Å². The second kappa shape index (κ2) is 5.50. The van der Waals surface area contributed by atoms with Gasteiger partial charge >= 0.3 is 5.97 Å². The number of allylic oxidation sites excluding steroid dienone is 1. The lowest BCUT2D eigenvalue weighted by Gasteiger charge is -2.18. The number of esters is 1. The van der Waals surface area contributed by atoms with Crippen molar-refractivity contribution < 1.29 is 9.53 Å². The summed E-state index contributed by atoms with van der Waals surface area (Å²) in [6.45, 7) is 0. The first-order chi connectivity index (χ1) is 7.84. The highest BCUT2D eigenvalue weighted by Gasteiger charge is 2.17. The van der Waals surface area contributed by atoms with Crippen LogP contribution in [0.1, 0.15) is 24.8 Å². The number of cyclic esters (lactones) is 1. The fourth-order valence-electron chi connectivity index (χ4n) is 1.84. The summed E-state index contributed by atoms with van der Waals surface area (Å²) in [5.41, 5.74) is 1.28. The van der Waals surface area contributed by atoms with Crippen LogP contribution in [0.2, 0.25) is 0 Å². The van der Waals surface area contributed by atoms with Crippen molar-refractivity contribution in [3.63, 3.8) is 0 Å². The Kier molecular flexibility index (Phi) is 3.76. The van der Waals surface area contributed by atoms with E-state index in [0.717, 1.165) is 19.3 Å². The lowest BCUT2D eigenvalue weighted by molar-refractivity contribution is -0.150. The van der Waals surface area contributed by atoms with Crippen LogP contribution in [0.25, 0.3) is 0 Å². The van der Waals surface area contributed by atoms with Gasteiger partial charge in [0.25, 0.3) is 0 Å². The average Bonchev–Trinajstić information content (AvgIpc) is 2.30. The molecule has 2 nitrogen and oxygen atoms in total. The monoisotopic (exact) mass is 216 g/mol. The normalized spacial score (nSPS) is 21.0. The van der Waals surface area contributed by atoms with E-state index in [-0.39, 0.29) is 12.1 Å². The molecule has 1 saturated heterocycles. The van der Waals surface area contributed by atoms with Gasteiger partial charge in [0.2, 0.25) is 0 Å². The second-order valence-corrected chi connectivity index (χ2v) is 4.04. The molecule has 0 unspecified atom stereocenters. The fourth-order valence-corrected chi connectivity index (χ4v) is 1.84. The van der Waals surface area contributed by atoms with Crippen molar-refractivity contribution in [3.8, 4) is 0 Å². The SMILES string of the molecule is O=C1CCC[C@@H](/C=C/Cc2ccccc2)O1. The molecule has 0 spiro atoms. The number of rotatable bonds is 3. The number of ether oxygens (including phenoxy) is 1. The highest BCUT2D eigenvalue weighted by Crippen LogP contribution is 2.15. The van der Waals surface area contributed by atoms with Crippen LogP contribution in [-0.2, 0) is 16.0 Å². The lowest BCUT2D eigenvalue weighted by atomic mass is 10.1. The van der Waals surface area contributed by atoms with Crippen LogP contribution in [-0.4, -0.2) is 12.1 Å². The molecule has 0 amide bonds. The molecule has 2 heteroatoms. The molecule has 1 aromatic rings. The summed E-state index contributed by atoms with van der Waals surface area (Å²) in [5.74, 6) is -0.0689. The predicted octanol–water partition coefficient (Wildman–Crippen LogP) is 2.88. The Morgan fingerprint density at radius 2 is 2.12 bits per heavy atom. The standard InChI is InChI=1S/C14H16O2/c15-14-11-5-10-13(16-14)9-4-8-12-6-2-1-3-7-12/h1-4,6-7,9,13H,5,8,10-11H2/b9-4+/t13-/m1/s1. The van der Waals surface area contributed by atoms with Gasteiger partial charge in [0.05, 0.1) is 0 Å². The third-order valence-corrected chi connectivity index (χ3v) is 2.70. The summed E-state index contributed by atoms with van der Waals surface area (Å²) < 4.78 is 5.20. The van der Waals surface area contributed by atoms with Gasteiger partial charge in [0, 0.05) is 6.42 Å². The minimum atomic E-state index is -0.0689. The van der Waals surface area contributed by atoms with E-state index < -0.39 is 0 Å². The first-order valence-electron chi connectivity index (χ1n) is 5.74. The first-order valence-corrected chi connectivity index (χ1v) is 5.74. The smallest absolute Gasteiger partial charge is 0.306 e. The van der Waals surface area contributed by atoms with Crippen LogP contribution in [0.3, 0.4) is 0 Å². The second-order valence-electron chi connectivity index (χ2n) is 4.04. The Morgan fingerprint density at radius 1 is 1.31 bits per heavy atom. The average molecular weight is 216 g/mol. The molecule has 1 atom stereocenters. The van der Waals surface area contributed by atoms with E-state index in [1.54, 1.807) is 0 Å². The van der Waals surface area contributed by atoms with Gasteiger partial charge in [-0.3, -0.25) is 4.79 Å². The number of benzene rings is 1. The molecule has 2 rings (SSSR count). The van der Waals surface area contributed by atoms with Gasteiger partial charge in [-0.2, -0.15) is 0 Å². The molecule has 84 valence electrons. The van der Waals surface area contributed by atoms with Crippen molar-refractivity contribution in [2.45, 2.75) is 31.8 Å². The largest absolute Gasteiger partial charge is 0.458 e. The molecule has 16 heavy (non-hydrogen) atoms. The molecule has 1 fully saturated rings. The number of carbonyl (C=O) groups is 1. The molecule has 1 aromatic carbocycles. The third-order valence-electron chi connectivity index (χ3n) is 2.70. The molecule has 0 bridgehead atoms. The van der Waals surface area contributed by atoms with E-state index in [1.807, 2.05) is 24.3 Å². The van der Waals surface area contributed by atoms with E-state index in [4.69, 9.17) is 4.74 Å². The van der Waals surface area contributed by atoms with Crippen LogP contribution < -0.4 is 0 Å². The van der Waals surface area contributed by atoms with E-state index in [0.29, 0.717) is 6.42 Å². The van der Waals surface area contributed by atoms with Gasteiger partial charge in [-0.05, 0) is 30.9 Å². The fraction of sp³-hybridized carbons (Fsp3) is 0.357. The maximum atomic E-state index is 11.1. The topological polar surface area (TPSA) is 26.3 Å². The quantitative estimate of drug-likeness (QED) is 0.573. The molecular weight excluding hydrogens is 200 g/mol. The number of hydrogen-bond donors (Lipinski definition) is 0. The molecule has 0 N–H and O–H groups in total. The van der Waals surface area contributed by atoms with Gasteiger partial charge in [0.15, 0.2) is 0 Å². The van der Waals surface area contributed by atoms with Gasteiger partial charge < -0.3 is 4.74 Å². The van der Waals surface area contributed by atoms with Gasteiger partial charge in [0.1, 0.15) is 6.10 Å². The van der Waals surface area contributed by atoms with Crippen molar-refractivity contribution >= 4 is 5.97 Å². The maximum Gasteiger partial charge on any atom is 0.306 e. The number of carbonyl (C=O) groups excluding carboxylic acids is 1. The van der Waals surface area contributed by atoms with E-state index in [9.17, 15) is 4.79 Å². The van der Waals surface area contributed by atoms with Crippen molar-refractivity contribution in [3.05, 3.63) is 48.0 Å². The Morgan fingerprint density at radius 3 is 2.88 bits per heavy atom. The zero-order chi connectivity index (χ0) is 11.2. The highest BCUT2D eigenvalue weighted by atomic mass is 16.5. The summed E-state index contributed by atoms with van der Waals surface area (Å²) in [5, 5.41) is 0. The number of hydrogen-bond acceptors (Lipinski definition) is 2. The molecule has 0 radical (unpaired) electrons. The molecule has 0 saturated carbocycles. The molecule has 1 aliphatic rings. The van der Waals surface area contributed by atoms with Gasteiger partial charge in [-0.25, -0.2) is 0 Å². The van der Waals surface area contributed by atoms with Crippen LogP contribution in [0, 0.1) is 0 Å². The van der Waals surface area contributed by atoms with E-state index in [1.165, 1.54) is 5.56 Å².